The summed E-state index contributed by atoms with van der Waals surface area (Å²) in [5, 5.41) is 19.6. The number of aromatic hydroxyl groups is 1. The van der Waals surface area contributed by atoms with Crippen LogP contribution in [0.3, 0.4) is 0 Å². The van der Waals surface area contributed by atoms with Gasteiger partial charge in [-0.05, 0) is 35.7 Å². The molecule has 94 valence electrons. The lowest BCUT2D eigenvalue weighted by Crippen LogP contribution is -2.08. The van der Waals surface area contributed by atoms with Gasteiger partial charge in [0.2, 0.25) is 0 Å². The molecule has 0 bridgehead atoms. The Kier molecular flexibility index (Phi) is 4.24. The summed E-state index contributed by atoms with van der Waals surface area (Å²) < 4.78 is 0. The number of aliphatic hydroxyl groups is 1. The molecule has 2 aromatic carbocycles. The second-order valence-corrected chi connectivity index (χ2v) is 4.68. The van der Waals surface area contributed by atoms with Crippen molar-refractivity contribution >= 4 is 11.6 Å². The van der Waals surface area contributed by atoms with Crippen LogP contribution in [-0.4, -0.2) is 16.8 Å². The highest BCUT2D eigenvalue weighted by Gasteiger charge is 2.14. The van der Waals surface area contributed by atoms with Gasteiger partial charge in [0.05, 0.1) is 6.61 Å². The highest BCUT2D eigenvalue weighted by Crippen LogP contribution is 2.27. The second kappa shape index (κ2) is 5.89. The van der Waals surface area contributed by atoms with E-state index in [-0.39, 0.29) is 18.3 Å². The van der Waals surface area contributed by atoms with Gasteiger partial charge in [0.15, 0.2) is 0 Å². The maximum absolute atomic E-state index is 9.51. The first-order valence-electron chi connectivity index (χ1n) is 5.84. The van der Waals surface area contributed by atoms with Gasteiger partial charge in [-0.2, -0.15) is 0 Å². The highest BCUT2D eigenvalue weighted by atomic mass is 35.5. The van der Waals surface area contributed by atoms with E-state index in [9.17, 15) is 10.2 Å². The largest absolute Gasteiger partial charge is 0.508 e. The molecule has 2 rings (SSSR count). The lowest BCUT2D eigenvalue weighted by atomic mass is 9.92. The Morgan fingerprint density at radius 1 is 1.06 bits per heavy atom. The number of aliphatic hydroxyl groups excluding tert-OH is 1. The van der Waals surface area contributed by atoms with Crippen molar-refractivity contribution in [1.29, 1.82) is 0 Å². The molecule has 0 radical (unpaired) electrons. The van der Waals surface area contributed by atoms with Crippen molar-refractivity contribution in [1.82, 2.24) is 0 Å². The van der Waals surface area contributed by atoms with E-state index in [0.29, 0.717) is 11.4 Å². The lowest BCUT2D eigenvalue weighted by Gasteiger charge is -2.16. The molecule has 2 aromatic rings. The third-order valence-corrected chi connectivity index (χ3v) is 3.30. The number of phenolic OH excluding ortho intramolecular Hbond substituents is 1. The van der Waals surface area contributed by atoms with Crippen molar-refractivity contribution in [2.75, 3.05) is 6.61 Å². The third kappa shape index (κ3) is 3.03. The summed E-state index contributed by atoms with van der Waals surface area (Å²) in [4.78, 5) is 0. The lowest BCUT2D eigenvalue weighted by molar-refractivity contribution is 0.264. The van der Waals surface area contributed by atoms with Crippen molar-refractivity contribution in [3.63, 3.8) is 0 Å². The van der Waals surface area contributed by atoms with Crippen LogP contribution in [0.2, 0.25) is 5.02 Å². The molecule has 0 spiro atoms. The Morgan fingerprint density at radius 3 is 2.50 bits per heavy atom. The van der Waals surface area contributed by atoms with E-state index in [4.69, 9.17) is 11.6 Å². The van der Waals surface area contributed by atoms with Crippen molar-refractivity contribution in [2.24, 2.45) is 0 Å². The molecule has 18 heavy (non-hydrogen) atoms. The van der Waals surface area contributed by atoms with Crippen molar-refractivity contribution in [3.05, 3.63) is 64.7 Å². The molecule has 2 nitrogen and oxygen atoms in total. The van der Waals surface area contributed by atoms with Gasteiger partial charge in [-0.3, -0.25) is 0 Å². The number of phenols is 1. The van der Waals surface area contributed by atoms with Crippen LogP contribution in [-0.2, 0) is 6.42 Å². The first-order chi connectivity index (χ1) is 8.70. The maximum atomic E-state index is 9.51. The van der Waals surface area contributed by atoms with E-state index < -0.39 is 0 Å². The number of benzene rings is 2. The number of hydrogen-bond donors (Lipinski definition) is 2. The zero-order chi connectivity index (χ0) is 13.0. The summed E-state index contributed by atoms with van der Waals surface area (Å²) in [5.41, 5.74) is 1.92. The van der Waals surface area contributed by atoms with E-state index in [1.165, 1.54) is 0 Å². The minimum atomic E-state index is -0.0551. The summed E-state index contributed by atoms with van der Waals surface area (Å²) >= 11 is 6.13. The zero-order valence-electron chi connectivity index (χ0n) is 9.88. The first kappa shape index (κ1) is 12.9. The SMILES string of the molecule is OCC(Cc1cccc(O)c1)c1ccccc1Cl. The fourth-order valence-electron chi connectivity index (χ4n) is 2.05. The number of halogens is 1. The quantitative estimate of drug-likeness (QED) is 0.887. The molecule has 0 aromatic heterocycles. The van der Waals surface area contributed by atoms with E-state index in [1.54, 1.807) is 18.2 Å². The van der Waals surface area contributed by atoms with E-state index in [1.807, 2.05) is 30.3 Å². The van der Waals surface area contributed by atoms with E-state index in [0.717, 1.165) is 11.1 Å². The molecule has 3 heteroatoms. The maximum Gasteiger partial charge on any atom is 0.115 e. The van der Waals surface area contributed by atoms with Crippen LogP contribution in [0.1, 0.15) is 17.0 Å². The van der Waals surface area contributed by atoms with Crippen LogP contribution >= 0.6 is 11.6 Å². The van der Waals surface area contributed by atoms with Gasteiger partial charge >= 0.3 is 0 Å². The average molecular weight is 263 g/mol. The number of hydrogen-bond acceptors (Lipinski definition) is 2. The molecule has 0 aliphatic rings. The number of rotatable bonds is 4. The summed E-state index contributed by atoms with van der Waals surface area (Å²) in [7, 11) is 0. The highest BCUT2D eigenvalue weighted by molar-refractivity contribution is 6.31. The Morgan fingerprint density at radius 2 is 1.83 bits per heavy atom. The molecule has 0 saturated heterocycles. The minimum Gasteiger partial charge on any atom is -0.508 e. The molecule has 0 fully saturated rings. The Hall–Kier alpha value is -1.51. The van der Waals surface area contributed by atoms with Crippen LogP contribution in [0.15, 0.2) is 48.5 Å². The molecule has 0 amide bonds. The van der Waals surface area contributed by atoms with Crippen molar-refractivity contribution in [2.45, 2.75) is 12.3 Å². The third-order valence-electron chi connectivity index (χ3n) is 2.96. The van der Waals surface area contributed by atoms with Crippen molar-refractivity contribution < 1.29 is 10.2 Å². The Bertz CT molecular complexity index is 525. The standard InChI is InChI=1S/C15H15ClO2/c16-15-7-2-1-6-14(15)12(10-17)8-11-4-3-5-13(18)9-11/h1-7,9,12,17-18H,8,10H2. The molecule has 0 aliphatic carbocycles. The monoisotopic (exact) mass is 262 g/mol. The molecular formula is C15H15ClO2. The van der Waals surface area contributed by atoms with E-state index >= 15 is 0 Å². The van der Waals surface area contributed by atoms with Crippen LogP contribution < -0.4 is 0 Å². The second-order valence-electron chi connectivity index (χ2n) is 4.28. The van der Waals surface area contributed by atoms with Crippen molar-refractivity contribution in [3.8, 4) is 5.75 Å². The molecule has 0 aliphatic heterocycles. The van der Waals surface area contributed by atoms with Gasteiger partial charge in [-0.15, -0.1) is 0 Å². The summed E-state index contributed by atoms with van der Waals surface area (Å²) in [5.74, 6) is 0.184. The summed E-state index contributed by atoms with van der Waals surface area (Å²) in [6, 6.07) is 14.6. The van der Waals surface area contributed by atoms with E-state index in [2.05, 4.69) is 0 Å². The first-order valence-corrected chi connectivity index (χ1v) is 6.21. The van der Waals surface area contributed by atoms with Gasteiger partial charge in [0.25, 0.3) is 0 Å². The Balaban J connectivity index is 2.23. The molecule has 1 unspecified atom stereocenters. The van der Waals surface area contributed by atoms with Crippen LogP contribution in [0.5, 0.6) is 5.75 Å². The topological polar surface area (TPSA) is 40.5 Å². The van der Waals surface area contributed by atoms with Gasteiger partial charge < -0.3 is 10.2 Å². The van der Waals surface area contributed by atoms with Crippen LogP contribution in [0.4, 0.5) is 0 Å². The van der Waals surface area contributed by atoms with Gasteiger partial charge in [-0.1, -0.05) is 41.9 Å². The Labute approximate surface area is 111 Å². The fraction of sp³-hybridized carbons (Fsp3) is 0.200. The normalized spacial score (nSPS) is 12.3. The molecule has 0 heterocycles. The molecule has 1 atom stereocenters. The van der Waals surface area contributed by atoms with Gasteiger partial charge in [0, 0.05) is 10.9 Å². The molecular weight excluding hydrogens is 248 g/mol. The fourth-order valence-corrected chi connectivity index (χ4v) is 2.34. The van der Waals surface area contributed by atoms with Crippen LogP contribution in [0, 0.1) is 0 Å². The summed E-state index contributed by atoms with van der Waals surface area (Å²) in [6.07, 6.45) is 0.647. The summed E-state index contributed by atoms with van der Waals surface area (Å²) in [6.45, 7) is 0.0272. The van der Waals surface area contributed by atoms with Gasteiger partial charge in [0.1, 0.15) is 5.75 Å². The molecule has 0 saturated carbocycles. The smallest absolute Gasteiger partial charge is 0.115 e. The predicted molar refractivity (Wildman–Crippen MR) is 73.1 cm³/mol. The molecule has 2 N–H and O–H groups in total. The van der Waals surface area contributed by atoms with Gasteiger partial charge in [-0.25, -0.2) is 0 Å². The van der Waals surface area contributed by atoms with Crippen LogP contribution in [0.25, 0.3) is 0 Å². The minimum absolute atomic E-state index is 0.0272. The average Bonchev–Trinajstić information content (AvgIpc) is 2.37. The predicted octanol–water partition coefficient (Wildman–Crippen LogP) is 3.36. The zero-order valence-corrected chi connectivity index (χ0v) is 10.6.